The van der Waals surface area contributed by atoms with Gasteiger partial charge in [-0.25, -0.2) is 4.98 Å². The van der Waals surface area contributed by atoms with Crippen LogP contribution in [-0.2, 0) is 5.88 Å². The summed E-state index contributed by atoms with van der Waals surface area (Å²) < 4.78 is 2.41. The molecule has 0 spiro atoms. The number of halogens is 1. The highest BCUT2D eigenvalue weighted by molar-refractivity contribution is 6.16. The van der Waals surface area contributed by atoms with Gasteiger partial charge in [-0.2, -0.15) is 0 Å². The van der Waals surface area contributed by atoms with Gasteiger partial charge in [0, 0.05) is 6.04 Å². The van der Waals surface area contributed by atoms with Crippen LogP contribution >= 0.6 is 11.6 Å². The van der Waals surface area contributed by atoms with E-state index in [1.807, 2.05) is 0 Å². The van der Waals surface area contributed by atoms with Crippen molar-refractivity contribution >= 4 is 22.6 Å². The van der Waals surface area contributed by atoms with Crippen LogP contribution in [0.2, 0.25) is 0 Å². The Bertz CT molecular complexity index is 553. The van der Waals surface area contributed by atoms with Gasteiger partial charge in [0.2, 0.25) is 0 Å². The van der Waals surface area contributed by atoms with Gasteiger partial charge in [-0.05, 0) is 31.4 Å². The van der Waals surface area contributed by atoms with E-state index in [2.05, 4.69) is 29.7 Å². The highest BCUT2D eigenvalue weighted by Gasteiger charge is 2.21. The maximum atomic E-state index is 6.09. The molecule has 96 valence electrons. The maximum absolute atomic E-state index is 6.09. The molecule has 0 aliphatic heterocycles. The van der Waals surface area contributed by atoms with Crippen molar-refractivity contribution in [1.29, 1.82) is 0 Å². The van der Waals surface area contributed by atoms with Crippen molar-refractivity contribution in [3.8, 4) is 0 Å². The van der Waals surface area contributed by atoms with Crippen LogP contribution in [0.4, 0.5) is 0 Å². The molecule has 3 heteroatoms. The molecule has 0 unspecified atom stereocenters. The molecule has 18 heavy (non-hydrogen) atoms. The Morgan fingerprint density at radius 2 is 2.06 bits per heavy atom. The summed E-state index contributed by atoms with van der Waals surface area (Å²) in [5.74, 6) is 1.54. The predicted molar refractivity (Wildman–Crippen MR) is 76.1 cm³/mol. The summed E-state index contributed by atoms with van der Waals surface area (Å²) in [4.78, 5) is 4.70. The summed E-state index contributed by atoms with van der Waals surface area (Å²) in [5, 5.41) is 0. The van der Waals surface area contributed by atoms with Crippen molar-refractivity contribution in [3.63, 3.8) is 0 Å². The quantitative estimate of drug-likeness (QED) is 0.724. The molecule has 1 saturated carbocycles. The second-order valence-electron chi connectivity index (χ2n) is 5.27. The Hall–Kier alpha value is -1.02. The number of fused-ring (bicyclic) bond motifs is 1. The van der Waals surface area contributed by atoms with E-state index in [1.165, 1.54) is 43.2 Å². The number of imidazole rings is 1. The van der Waals surface area contributed by atoms with Crippen LogP contribution < -0.4 is 0 Å². The molecule has 0 amide bonds. The van der Waals surface area contributed by atoms with Crippen molar-refractivity contribution < 1.29 is 0 Å². The first-order chi connectivity index (χ1) is 8.81. The fourth-order valence-electron chi connectivity index (χ4n) is 3.20. The molecule has 1 fully saturated rings. The molecule has 0 saturated heterocycles. The fraction of sp³-hybridized carbons (Fsp3) is 0.533. The molecule has 0 bridgehead atoms. The van der Waals surface area contributed by atoms with Gasteiger partial charge in [0.05, 0.1) is 16.9 Å². The molecule has 2 aromatic rings. The molecule has 1 aromatic heterocycles. The van der Waals surface area contributed by atoms with Crippen LogP contribution in [0.15, 0.2) is 18.2 Å². The minimum absolute atomic E-state index is 0.505. The first-order valence-electron chi connectivity index (χ1n) is 6.83. The van der Waals surface area contributed by atoms with Crippen molar-refractivity contribution in [1.82, 2.24) is 9.55 Å². The first kappa shape index (κ1) is 12.0. The number of para-hydroxylation sites is 1. The summed E-state index contributed by atoms with van der Waals surface area (Å²) in [7, 11) is 0. The van der Waals surface area contributed by atoms with Gasteiger partial charge in [-0.1, -0.05) is 31.4 Å². The van der Waals surface area contributed by atoms with Crippen molar-refractivity contribution in [3.05, 3.63) is 29.6 Å². The molecule has 1 heterocycles. The number of aromatic nitrogens is 2. The highest BCUT2D eigenvalue weighted by Crippen LogP contribution is 2.33. The number of alkyl halides is 1. The van der Waals surface area contributed by atoms with Crippen LogP contribution in [0.3, 0.4) is 0 Å². The lowest BCUT2D eigenvalue weighted by atomic mass is 9.95. The minimum atomic E-state index is 0.505. The molecule has 1 aliphatic carbocycles. The van der Waals surface area contributed by atoms with Crippen LogP contribution in [0.5, 0.6) is 0 Å². The monoisotopic (exact) mass is 262 g/mol. The second-order valence-corrected chi connectivity index (χ2v) is 5.53. The van der Waals surface area contributed by atoms with E-state index < -0.39 is 0 Å². The maximum Gasteiger partial charge on any atom is 0.125 e. The molecular weight excluding hydrogens is 244 g/mol. The molecule has 0 atom stereocenters. The van der Waals surface area contributed by atoms with Gasteiger partial charge in [-0.3, -0.25) is 0 Å². The van der Waals surface area contributed by atoms with Gasteiger partial charge >= 0.3 is 0 Å². The number of hydrogen-bond acceptors (Lipinski definition) is 1. The number of benzene rings is 1. The lowest BCUT2D eigenvalue weighted by molar-refractivity contribution is 0.354. The Balaban J connectivity index is 2.17. The van der Waals surface area contributed by atoms with Gasteiger partial charge in [0.1, 0.15) is 5.82 Å². The standard InChI is InChI=1S/C15H19ClN2/c1-11-6-5-9-13-15(11)18(14(10-16)17-13)12-7-3-2-4-8-12/h5-6,9,12H,2-4,7-8,10H2,1H3. The van der Waals surface area contributed by atoms with Crippen molar-refractivity contribution in [2.45, 2.75) is 50.9 Å². The van der Waals surface area contributed by atoms with Crippen LogP contribution in [0.25, 0.3) is 11.0 Å². The topological polar surface area (TPSA) is 17.8 Å². The predicted octanol–water partition coefficient (Wildman–Crippen LogP) is 4.59. The number of hydrogen-bond donors (Lipinski definition) is 0. The van der Waals surface area contributed by atoms with E-state index in [-0.39, 0.29) is 0 Å². The Morgan fingerprint density at radius 3 is 2.78 bits per heavy atom. The zero-order valence-electron chi connectivity index (χ0n) is 10.8. The van der Waals surface area contributed by atoms with Crippen molar-refractivity contribution in [2.75, 3.05) is 0 Å². The fourth-order valence-corrected chi connectivity index (χ4v) is 3.38. The SMILES string of the molecule is Cc1cccc2nc(CCl)n(C3CCCCC3)c12. The third kappa shape index (κ3) is 1.93. The van der Waals surface area contributed by atoms with Crippen LogP contribution in [0, 0.1) is 6.92 Å². The van der Waals surface area contributed by atoms with Gasteiger partial charge in [0.25, 0.3) is 0 Å². The zero-order valence-corrected chi connectivity index (χ0v) is 11.6. The van der Waals surface area contributed by atoms with Gasteiger partial charge in [0.15, 0.2) is 0 Å². The van der Waals surface area contributed by atoms with Gasteiger partial charge < -0.3 is 4.57 Å². The summed E-state index contributed by atoms with van der Waals surface area (Å²) in [6, 6.07) is 6.94. The average Bonchev–Trinajstić information content (AvgIpc) is 2.79. The number of rotatable bonds is 2. The van der Waals surface area contributed by atoms with E-state index in [0.717, 1.165) is 11.3 Å². The summed E-state index contributed by atoms with van der Waals surface area (Å²) in [6.07, 6.45) is 6.57. The molecule has 0 radical (unpaired) electrons. The molecule has 1 aliphatic rings. The lowest BCUT2D eigenvalue weighted by Crippen LogP contribution is -2.15. The minimum Gasteiger partial charge on any atom is -0.324 e. The number of nitrogens with zero attached hydrogens (tertiary/aromatic N) is 2. The largest absolute Gasteiger partial charge is 0.324 e. The Morgan fingerprint density at radius 1 is 1.28 bits per heavy atom. The average molecular weight is 263 g/mol. The molecular formula is C15H19ClN2. The third-order valence-electron chi connectivity index (χ3n) is 4.04. The molecule has 3 rings (SSSR count). The molecule has 0 N–H and O–H groups in total. The summed E-state index contributed by atoms with van der Waals surface area (Å²) >= 11 is 6.09. The highest BCUT2D eigenvalue weighted by atomic mass is 35.5. The van der Waals surface area contributed by atoms with Crippen LogP contribution in [-0.4, -0.2) is 9.55 Å². The smallest absolute Gasteiger partial charge is 0.125 e. The van der Waals surface area contributed by atoms with E-state index >= 15 is 0 Å². The third-order valence-corrected chi connectivity index (χ3v) is 4.28. The Kier molecular flexibility index (Phi) is 3.29. The summed E-state index contributed by atoms with van der Waals surface area (Å²) in [6.45, 7) is 2.17. The normalized spacial score (nSPS) is 17.4. The first-order valence-corrected chi connectivity index (χ1v) is 7.37. The van der Waals surface area contributed by atoms with Gasteiger partial charge in [-0.15, -0.1) is 11.6 Å². The second kappa shape index (κ2) is 4.93. The van der Waals surface area contributed by atoms with E-state index in [4.69, 9.17) is 16.6 Å². The van der Waals surface area contributed by atoms with E-state index in [1.54, 1.807) is 0 Å². The van der Waals surface area contributed by atoms with Crippen LogP contribution in [0.1, 0.15) is 49.5 Å². The lowest BCUT2D eigenvalue weighted by Gasteiger charge is -2.25. The van der Waals surface area contributed by atoms with Crippen molar-refractivity contribution in [2.24, 2.45) is 0 Å². The number of aryl methyl sites for hydroxylation is 1. The zero-order chi connectivity index (χ0) is 12.5. The summed E-state index contributed by atoms with van der Waals surface area (Å²) in [5.41, 5.74) is 3.69. The molecule has 2 nitrogen and oxygen atoms in total. The van der Waals surface area contributed by atoms with E-state index in [9.17, 15) is 0 Å². The van der Waals surface area contributed by atoms with E-state index in [0.29, 0.717) is 11.9 Å². The molecule has 1 aromatic carbocycles. The Labute approximate surface area is 113 Å².